The van der Waals surface area contributed by atoms with Gasteiger partial charge in [0.25, 0.3) is 0 Å². The van der Waals surface area contributed by atoms with E-state index < -0.39 is 0 Å². The van der Waals surface area contributed by atoms with Crippen molar-refractivity contribution < 1.29 is 4.74 Å². The molecule has 2 aromatic rings. The van der Waals surface area contributed by atoms with E-state index in [0.29, 0.717) is 11.6 Å². The molecule has 0 aliphatic heterocycles. The summed E-state index contributed by atoms with van der Waals surface area (Å²) in [6, 6.07) is 9.89. The first kappa shape index (κ1) is 13.6. The second-order valence-corrected chi connectivity index (χ2v) is 5.35. The van der Waals surface area contributed by atoms with Crippen molar-refractivity contribution in [2.45, 2.75) is 38.0 Å². The summed E-state index contributed by atoms with van der Waals surface area (Å²) in [5, 5.41) is 17.6. The Morgan fingerprint density at radius 3 is 2.71 bits per heavy atom. The molecule has 0 saturated heterocycles. The van der Waals surface area contributed by atoms with E-state index in [1.54, 1.807) is 11.8 Å². The molecule has 5 heteroatoms. The van der Waals surface area contributed by atoms with E-state index in [1.165, 1.54) is 19.3 Å². The van der Waals surface area contributed by atoms with E-state index in [9.17, 15) is 5.26 Å². The Labute approximate surface area is 124 Å². The summed E-state index contributed by atoms with van der Waals surface area (Å²) in [6.45, 7) is 0. The normalized spacial score (nSPS) is 15.6. The van der Waals surface area contributed by atoms with Crippen LogP contribution in [0.1, 0.15) is 49.4 Å². The van der Waals surface area contributed by atoms with Crippen LogP contribution in [0.3, 0.4) is 0 Å². The lowest BCUT2D eigenvalue weighted by atomic mass is 9.86. The van der Waals surface area contributed by atoms with Gasteiger partial charge in [-0.2, -0.15) is 5.26 Å². The van der Waals surface area contributed by atoms with Crippen molar-refractivity contribution >= 4 is 0 Å². The molecule has 5 nitrogen and oxygen atoms in total. The van der Waals surface area contributed by atoms with Crippen molar-refractivity contribution in [2.24, 2.45) is 0 Å². The molecule has 0 unspecified atom stereocenters. The van der Waals surface area contributed by atoms with Crippen LogP contribution in [-0.4, -0.2) is 22.1 Å². The van der Waals surface area contributed by atoms with Crippen LogP contribution in [0.15, 0.2) is 24.3 Å². The van der Waals surface area contributed by atoms with E-state index >= 15 is 0 Å². The van der Waals surface area contributed by atoms with Crippen LogP contribution in [0.2, 0.25) is 0 Å². The maximum Gasteiger partial charge on any atom is 0.186 e. The maximum absolute atomic E-state index is 9.34. The Morgan fingerprint density at radius 2 is 2.00 bits per heavy atom. The number of nitriles is 1. The number of ether oxygens (including phenoxy) is 1. The lowest BCUT2D eigenvalue weighted by Crippen LogP contribution is -2.12. The Kier molecular flexibility index (Phi) is 3.87. The van der Waals surface area contributed by atoms with Gasteiger partial charge in [-0.25, -0.2) is 4.68 Å². The van der Waals surface area contributed by atoms with Gasteiger partial charge in [-0.15, -0.1) is 5.10 Å². The third-order valence-electron chi connectivity index (χ3n) is 4.12. The molecule has 1 aliphatic rings. The predicted octanol–water partition coefficient (Wildman–Crippen LogP) is 3.20. The molecule has 0 N–H and O–H groups in total. The summed E-state index contributed by atoms with van der Waals surface area (Å²) in [5.41, 5.74) is 2.21. The van der Waals surface area contributed by atoms with Crippen LogP contribution >= 0.6 is 0 Å². The summed E-state index contributed by atoms with van der Waals surface area (Å²) in [5.74, 6) is 1.09. The standard InChI is InChI=1S/C16H18N4O/c1-21-15-10-6-5-9-14(15)20-16(13(11-17)18-19-20)12-7-3-2-4-8-12/h5-6,9-10,12H,2-4,7-8H2,1H3. The highest BCUT2D eigenvalue weighted by Crippen LogP contribution is 2.36. The smallest absolute Gasteiger partial charge is 0.186 e. The van der Waals surface area contributed by atoms with Crippen LogP contribution < -0.4 is 4.74 Å². The van der Waals surface area contributed by atoms with E-state index in [4.69, 9.17) is 4.74 Å². The second-order valence-electron chi connectivity index (χ2n) is 5.35. The minimum Gasteiger partial charge on any atom is -0.494 e. The number of rotatable bonds is 3. The van der Waals surface area contributed by atoms with Gasteiger partial charge in [-0.1, -0.05) is 36.6 Å². The van der Waals surface area contributed by atoms with Crippen molar-refractivity contribution in [2.75, 3.05) is 7.11 Å². The number of aromatic nitrogens is 3. The summed E-state index contributed by atoms with van der Waals surface area (Å²) in [6.07, 6.45) is 5.86. The van der Waals surface area contributed by atoms with Gasteiger partial charge in [0.2, 0.25) is 0 Å². The van der Waals surface area contributed by atoms with Gasteiger partial charge >= 0.3 is 0 Å². The number of benzene rings is 1. The van der Waals surface area contributed by atoms with E-state index in [2.05, 4.69) is 16.4 Å². The average molecular weight is 282 g/mol. The highest BCUT2D eigenvalue weighted by atomic mass is 16.5. The zero-order valence-electron chi connectivity index (χ0n) is 12.1. The quantitative estimate of drug-likeness (QED) is 0.867. The molecular formula is C16H18N4O. The van der Waals surface area contributed by atoms with Crippen molar-refractivity contribution in [3.63, 3.8) is 0 Å². The fourth-order valence-electron chi connectivity index (χ4n) is 3.09. The number of hydrogen-bond acceptors (Lipinski definition) is 4. The SMILES string of the molecule is COc1ccccc1-n1nnc(C#N)c1C1CCCCC1. The summed E-state index contributed by atoms with van der Waals surface area (Å²) >= 11 is 0. The fraction of sp³-hybridized carbons (Fsp3) is 0.438. The third kappa shape index (κ3) is 2.49. The topological polar surface area (TPSA) is 63.7 Å². The molecule has 1 fully saturated rings. The first-order valence-corrected chi connectivity index (χ1v) is 7.34. The van der Waals surface area contributed by atoms with Gasteiger partial charge < -0.3 is 4.74 Å². The molecule has 0 spiro atoms. The molecule has 0 amide bonds. The zero-order valence-corrected chi connectivity index (χ0v) is 12.1. The molecule has 0 atom stereocenters. The van der Waals surface area contributed by atoms with Crippen LogP contribution in [-0.2, 0) is 0 Å². The molecule has 0 radical (unpaired) electrons. The van der Waals surface area contributed by atoms with Gasteiger partial charge in [-0.3, -0.25) is 0 Å². The second kappa shape index (κ2) is 5.96. The number of hydrogen-bond donors (Lipinski definition) is 0. The molecule has 1 heterocycles. The molecule has 1 aromatic heterocycles. The van der Waals surface area contributed by atoms with Gasteiger partial charge in [-0.05, 0) is 25.0 Å². The lowest BCUT2D eigenvalue weighted by Gasteiger charge is -2.22. The minimum absolute atomic E-state index is 0.355. The monoisotopic (exact) mass is 282 g/mol. The minimum atomic E-state index is 0.355. The Bertz CT molecular complexity index is 665. The number of methoxy groups -OCH3 is 1. The van der Waals surface area contributed by atoms with Crippen molar-refractivity contribution in [3.05, 3.63) is 35.7 Å². The molecule has 1 saturated carbocycles. The van der Waals surface area contributed by atoms with E-state index in [1.807, 2.05) is 24.3 Å². The van der Waals surface area contributed by atoms with Crippen LogP contribution in [0, 0.1) is 11.3 Å². The average Bonchev–Trinajstić information content (AvgIpc) is 2.99. The summed E-state index contributed by atoms with van der Waals surface area (Å²) < 4.78 is 7.20. The maximum atomic E-state index is 9.34. The third-order valence-corrected chi connectivity index (χ3v) is 4.12. The molecule has 1 aliphatic carbocycles. The molecule has 108 valence electrons. The summed E-state index contributed by atoms with van der Waals surface area (Å²) in [4.78, 5) is 0. The van der Waals surface area contributed by atoms with Gasteiger partial charge in [0.05, 0.1) is 12.8 Å². The first-order chi connectivity index (χ1) is 10.3. The molecular weight excluding hydrogens is 264 g/mol. The molecule has 3 rings (SSSR count). The Hall–Kier alpha value is -2.35. The first-order valence-electron chi connectivity index (χ1n) is 7.34. The Balaban J connectivity index is 2.10. The molecule has 21 heavy (non-hydrogen) atoms. The fourth-order valence-corrected chi connectivity index (χ4v) is 3.09. The predicted molar refractivity (Wildman–Crippen MR) is 78.5 cm³/mol. The molecule has 0 bridgehead atoms. The van der Waals surface area contributed by atoms with Crippen molar-refractivity contribution in [1.29, 1.82) is 5.26 Å². The van der Waals surface area contributed by atoms with Crippen LogP contribution in [0.25, 0.3) is 5.69 Å². The highest BCUT2D eigenvalue weighted by Gasteiger charge is 2.26. The largest absolute Gasteiger partial charge is 0.494 e. The van der Waals surface area contributed by atoms with Crippen LogP contribution in [0.4, 0.5) is 0 Å². The van der Waals surface area contributed by atoms with E-state index in [0.717, 1.165) is 30.0 Å². The van der Waals surface area contributed by atoms with Crippen LogP contribution in [0.5, 0.6) is 5.75 Å². The van der Waals surface area contributed by atoms with Gasteiger partial charge in [0, 0.05) is 5.92 Å². The number of para-hydroxylation sites is 2. The summed E-state index contributed by atoms with van der Waals surface area (Å²) in [7, 11) is 1.64. The van der Waals surface area contributed by atoms with Gasteiger partial charge in [0.15, 0.2) is 5.69 Å². The zero-order chi connectivity index (χ0) is 14.7. The van der Waals surface area contributed by atoms with Crippen molar-refractivity contribution in [1.82, 2.24) is 15.0 Å². The van der Waals surface area contributed by atoms with Gasteiger partial charge in [0.1, 0.15) is 17.5 Å². The number of nitrogens with zero attached hydrogens (tertiary/aromatic N) is 4. The highest BCUT2D eigenvalue weighted by molar-refractivity contribution is 5.48. The molecule has 1 aromatic carbocycles. The Morgan fingerprint density at radius 1 is 1.24 bits per heavy atom. The van der Waals surface area contributed by atoms with E-state index in [-0.39, 0.29) is 0 Å². The van der Waals surface area contributed by atoms with Crippen molar-refractivity contribution in [3.8, 4) is 17.5 Å². The lowest BCUT2D eigenvalue weighted by molar-refractivity contribution is 0.406.